The molecule has 6 nitrogen and oxygen atoms in total. The molecule has 2 aromatic rings. The van der Waals surface area contributed by atoms with Crippen molar-refractivity contribution in [1.82, 2.24) is 4.98 Å². The van der Waals surface area contributed by atoms with Crippen molar-refractivity contribution < 1.29 is 9.84 Å². The number of pyridine rings is 1. The first-order valence-electron chi connectivity index (χ1n) is 12.4. The fourth-order valence-corrected chi connectivity index (χ4v) is 6.91. The molecule has 4 aliphatic rings. The highest BCUT2D eigenvalue weighted by Crippen LogP contribution is 2.68. The number of ether oxygens (including phenoxy) is 1. The van der Waals surface area contributed by atoms with Gasteiger partial charge in [-0.15, -0.1) is 0 Å². The second kappa shape index (κ2) is 7.67. The lowest BCUT2D eigenvalue weighted by Crippen LogP contribution is -2.46. The minimum atomic E-state index is -0.318. The molecule has 0 radical (unpaired) electrons. The molecule has 2 saturated carbocycles. The highest BCUT2D eigenvalue weighted by Gasteiger charge is 2.69. The molecule has 0 spiro atoms. The van der Waals surface area contributed by atoms with Gasteiger partial charge in [0.1, 0.15) is 5.69 Å². The number of hydrogen-bond acceptors (Lipinski definition) is 6. The molecular weight excluding hydrogens is 448 g/mol. The van der Waals surface area contributed by atoms with Gasteiger partial charge in [0.15, 0.2) is 0 Å². The van der Waals surface area contributed by atoms with Gasteiger partial charge >= 0.3 is 0 Å². The van der Waals surface area contributed by atoms with Crippen LogP contribution in [0.1, 0.15) is 51.3 Å². The topological polar surface area (TPSA) is 70.0 Å². The summed E-state index contributed by atoms with van der Waals surface area (Å²) in [5, 5.41) is 15.3. The molecule has 3 atom stereocenters. The van der Waals surface area contributed by atoms with Crippen LogP contribution < -0.4 is 10.2 Å². The summed E-state index contributed by atoms with van der Waals surface area (Å²) in [6.07, 6.45) is 4.86. The maximum atomic E-state index is 10.9. The van der Waals surface area contributed by atoms with E-state index in [9.17, 15) is 5.11 Å². The highest BCUT2D eigenvalue weighted by molar-refractivity contribution is 6.34. The van der Waals surface area contributed by atoms with E-state index in [1.54, 1.807) is 6.20 Å². The smallest absolute Gasteiger partial charge is 0.110 e. The van der Waals surface area contributed by atoms with Gasteiger partial charge in [0.2, 0.25) is 0 Å². The third-order valence-corrected chi connectivity index (χ3v) is 9.86. The van der Waals surface area contributed by atoms with Gasteiger partial charge in [0.05, 0.1) is 41.4 Å². The Morgan fingerprint density at radius 2 is 1.85 bits per heavy atom. The van der Waals surface area contributed by atoms with Crippen molar-refractivity contribution in [3.05, 3.63) is 46.7 Å². The Kier molecular flexibility index (Phi) is 5.04. The third-order valence-electron chi connectivity index (χ3n) is 9.58. The molecule has 2 aliphatic carbocycles. The zero-order chi connectivity index (χ0) is 23.7. The van der Waals surface area contributed by atoms with Crippen LogP contribution in [-0.4, -0.2) is 53.7 Å². The largest absolute Gasteiger partial charge is 0.392 e. The molecule has 0 amide bonds. The van der Waals surface area contributed by atoms with Crippen LogP contribution in [-0.2, 0) is 11.2 Å². The van der Waals surface area contributed by atoms with Crippen molar-refractivity contribution in [2.75, 3.05) is 36.5 Å². The Morgan fingerprint density at radius 3 is 2.50 bits per heavy atom. The first kappa shape index (κ1) is 22.3. The maximum absolute atomic E-state index is 10.9. The number of halogens is 1. The molecule has 3 heterocycles. The van der Waals surface area contributed by atoms with Crippen LogP contribution in [0, 0.1) is 10.8 Å². The normalized spacial score (nSPS) is 31.5. The van der Waals surface area contributed by atoms with Crippen LogP contribution in [0.4, 0.5) is 17.1 Å². The highest BCUT2D eigenvalue weighted by atomic mass is 35.5. The summed E-state index contributed by atoms with van der Waals surface area (Å²) in [6, 6.07) is 8.66. The Hall–Kier alpha value is -2.15. The summed E-state index contributed by atoms with van der Waals surface area (Å²) in [6.45, 7) is 10.2. The molecule has 2 bridgehead atoms. The second-order valence-electron chi connectivity index (χ2n) is 11.1. The first-order valence-corrected chi connectivity index (χ1v) is 12.8. The molecule has 2 aliphatic heterocycles. The molecule has 7 heteroatoms. The van der Waals surface area contributed by atoms with E-state index < -0.39 is 0 Å². The maximum Gasteiger partial charge on any atom is 0.110 e. The van der Waals surface area contributed by atoms with Gasteiger partial charge in [0, 0.05) is 42.3 Å². The lowest BCUT2D eigenvalue weighted by molar-refractivity contribution is 0.0125. The molecule has 2 N–H and O–H groups in total. The van der Waals surface area contributed by atoms with Crippen molar-refractivity contribution in [3.63, 3.8) is 0 Å². The fourth-order valence-electron chi connectivity index (χ4n) is 6.72. The first-order chi connectivity index (χ1) is 16.2. The lowest BCUT2D eigenvalue weighted by Gasteiger charge is -2.42. The van der Waals surface area contributed by atoms with Gasteiger partial charge in [-0.3, -0.25) is 4.98 Å². The fraction of sp³-hybridized carbons (Fsp3) is 0.556. The van der Waals surface area contributed by atoms with E-state index in [1.807, 2.05) is 0 Å². The molecule has 180 valence electrons. The molecule has 3 unspecified atom stereocenters. The average Bonchev–Trinajstić information content (AvgIpc) is 3.40. The van der Waals surface area contributed by atoms with Gasteiger partial charge in [-0.2, -0.15) is 0 Å². The van der Waals surface area contributed by atoms with E-state index in [4.69, 9.17) is 21.3 Å². The monoisotopic (exact) mass is 480 g/mol. The second-order valence-corrected chi connectivity index (χ2v) is 11.5. The molecule has 1 aromatic carbocycles. The van der Waals surface area contributed by atoms with Gasteiger partial charge in [0.25, 0.3) is 0 Å². The van der Waals surface area contributed by atoms with Crippen LogP contribution in [0.5, 0.6) is 0 Å². The molecule has 6 rings (SSSR count). The van der Waals surface area contributed by atoms with Gasteiger partial charge in [-0.1, -0.05) is 44.5 Å². The number of fused-ring (bicyclic) bond motifs is 3. The standard InChI is InChI=1S/C27H33ClN4O2/c1-25(2)26(3)8-9-27(25,15-22(26)33)31-23-19(28)16-29-21-14-20(30-24(21)23)17-4-6-18(7-5-17)32-10-12-34-13-11-32/h4-7,16,22,33H,8-15H2,1-3H3,(H,29,31). The number of anilines is 2. The molecule has 1 aromatic heterocycles. The summed E-state index contributed by atoms with van der Waals surface area (Å²) < 4.78 is 5.47. The minimum absolute atomic E-state index is 0.0701. The zero-order valence-electron chi connectivity index (χ0n) is 20.2. The van der Waals surface area contributed by atoms with Crippen molar-refractivity contribution in [2.24, 2.45) is 15.8 Å². The summed E-state index contributed by atoms with van der Waals surface area (Å²) in [5.74, 6) is 0. The predicted molar refractivity (Wildman–Crippen MR) is 137 cm³/mol. The number of aromatic nitrogens is 1. The Labute approximate surface area is 206 Å². The van der Waals surface area contributed by atoms with Crippen molar-refractivity contribution in [2.45, 2.75) is 58.1 Å². The van der Waals surface area contributed by atoms with Crippen molar-refractivity contribution in [3.8, 4) is 0 Å². The van der Waals surface area contributed by atoms with Crippen LogP contribution in [0.15, 0.2) is 35.5 Å². The SMILES string of the molecule is CC12CCC(Nc3c(Cl)cnc4c3N=C(c3ccc(N5CCOCC5)cc3)C4)(CC1O)C2(C)C. The van der Waals surface area contributed by atoms with E-state index in [-0.39, 0.29) is 22.5 Å². The van der Waals surface area contributed by atoms with E-state index in [0.717, 1.165) is 73.9 Å². The quantitative estimate of drug-likeness (QED) is 0.645. The minimum Gasteiger partial charge on any atom is -0.392 e. The number of rotatable bonds is 4. The number of aliphatic imine (C=N–C) groups is 1. The summed E-state index contributed by atoms with van der Waals surface area (Å²) in [7, 11) is 0. The Bertz CT molecular complexity index is 1160. The Balaban J connectivity index is 1.31. The van der Waals surface area contributed by atoms with Crippen LogP contribution >= 0.6 is 11.6 Å². The number of nitrogens with zero attached hydrogens (tertiary/aromatic N) is 3. The summed E-state index contributed by atoms with van der Waals surface area (Å²) >= 11 is 6.71. The van der Waals surface area contributed by atoms with Crippen LogP contribution in [0.3, 0.4) is 0 Å². The van der Waals surface area contributed by atoms with Gasteiger partial charge < -0.3 is 20.1 Å². The van der Waals surface area contributed by atoms with Crippen LogP contribution in [0.25, 0.3) is 0 Å². The lowest BCUT2D eigenvalue weighted by atomic mass is 9.68. The Morgan fingerprint density at radius 1 is 1.12 bits per heavy atom. The number of hydrogen-bond donors (Lipinski definition) is 2. The predicted octanol–water partition coefficient (Wildman–Crippen LogP) is 4.99. The van der Waals surface area contributed by atoms with E-state index in [1.165, 1.54) is 5.69 Å². The number of aliphatic hydroxyl groups excluding tert-OH is 1. The van der Waals surface area contributed by atoms with E-state index >= 15 is 0 Å². The molecule has 3 fully saturated rings. The van der Waals surface area contributed by atoms with E-state index in [0.29, 0.717) is 11.4 Å². The molecule has 1 saturated heterocycles. The van der Waals surface area contributed by atoms with Gasteiger partial charge in [-0.25, -0.2) is 4.99 Å². The van der Waals surface area contributed by atoms with Gasteiger partial charge in [-0.05, 0) is 42.4 Å². The number of nitrogens with one attached hydrogen (secondary N) is 1. The third kappa shape index (κ3) is 3.08. The summed E-state index contributed by atoms with van der Waals surface area (Å²) in [4.78, 5) is 12.0. The zero-order valence-corrected chi connectivity index (χ0v) is 21.0. The molecule has 34 heavy (non-hydrogen) atoms. The number of benzene rings is 1. The summed E-state index contributed by atoms with van der Waals surface area (Å²) in [5.41, 5.74) is 5.63. The van der Waals surface area contributed by atoms with Crippen molar-refractivity contribution in [1.29, 1.82) is 0 Å². The molecular formula is C27H33ClN4O2. The number of morpholine rings is 1. The van der Waals surface area contributed by atoms with Crippen molar-refractivity contribution >= 4 is 34.4 Å². The average molecular weight is 481 g/mol. The van der Waals surface area contributed by atoms with E-state index in [2.05, 4.69) is 60.2 Å². The van der Waals surface area contributed by atoms with Crippen LogP contribution in [0.2, 0.25) is 5.02 Å². The number of aliphatic hydroxyl groups is 1.